The smallest absolute Gasteiger partial charge is 0.239 e. The largest absolute Gasteiger partial charge is 0.372 e. The first-order chi connectivity index (χ1) is 8.45. The van der Waals surface area contributed by atoms with Crippen LogP contribution in [0.1, 0.15) is 13.8 Å². The number of likely N-dealkylation sites (N-methyl/N-ethyl adjacent to an activating group) is 1. The average Bonchev–Trinajstić information content (AvgIpc) is 2.27. The van der Waals surface area contributed by atoms with Gasteiger partial charge in [0, 0.05) is 20.1 Å². The molecule has 1 rings (SSSR count). The van der Waals surface area contributed by atoms with Crippen molar-refractivity contribution in [3.8, 4) is 0 Å². The average molecular weight is 316 g/mol. The molecule has 2 N–H and O–H groups in total. The van der Waals surface area contributed by atoms with Crippen LogP contribution in [0.4, 0.5) is 11.6 Å². The standard InChI is InChI=1S/C11H18BrN5O/c1-7(2)16-8(18)5-17(4)11-9(12)10(13-3)14-6-15-11/h6-7H,5H2,1-4H3,(H,16,18)(H,13,14,15). The van der Waals surface area contributed by atoms with Crippen LogP contribution in [0, 0.1) is 0 Å². The van der Waals surface area contributed by atoms with Gasteiger partial charge in [-0.25, -0.2) is 9.97 Å². The lowest BCUT2D eigenvalue weighted by atomic mass is 10.3. The van der Waals surface area contributed by atoms with Gasteiger partial charge in [-0.3, -0.25) is 4.79 Å². The van der Waals surface area contributed by atoms with E-state index < -0.39 is 0 Å². The Morgan fingerprint density at radius 2 is 2.17 bits per heavy atom. The number of rotatable bonds is 5. The van der Waals surface area contributed by atoms with E-state index in [1.54, 1.807) is 11.9 Å². The molecule has 6 nitrogen and oxygen atoms in total. The third-order valence-corrected chi connectivity index (χ3v) is 2.93. The summed E-state index contributed by atoms with van der Waals surface area (Å²) in [5.74, 6) is 1.33. The second kappa shape index (κ2) is 6.53. The number of halogens is 1. The van der Waals surface area contributed by atoms with Gasteiger partial charge in [0.25, 0.3) is 0 Å². The fraction of sp³-hybridized carbons (Fsp3) is 0.545. The van der Waals surface area contributed by atoms with Crippen molar-refractivity contribution in [2.45, 2.75) is 19.9 Å². The molecule has 0 atom stereocenters. The lowest BCUT2D eigenvalue weighted by Crippen LogP contribution is -2.39. The Morgan fingerprint density at radius 1 is 1.50 bits per heavy atom. The maximum Gasteiger partial charge on any atom is 0.239 e. The minimum Gasteiger partial charge on any atom is -0.372 e. The summed E-state index contributed by atoms with van der Waals surface area (Å²) in [7, 11) is 3.59. The summed E-state index contributed by atoms with van der Waals surface area (Å²) in [6.45, 7) is 4.10. The fourth-order valence-corrected chi connectivity index (χ4v) is 2.16. The topological polar surface area (TPSA) is 70.2 Å². The number of hydrogen-bond donors (Lipinski definition) is 2. The minimum atomic E-state index is -0.0379. The van der Waals surface area contributed by atoms with Crippen LogP contribution >= 0.6 is 15.9 Å². The highest BCUT2D eigenvalue weighted by Gasteiger charge is 2.14. The molecule has 0 aliphatic heterocycles. The van der Waals surface area contributed by atoms with Crippen molar-refractivity contribution in [3.63, 3.8) is 0 Å². The third-order valence-electron chi connectivity index (χ3n) is 2.20. The zero-order valence-corrected chi connectivity index (χ0v) is 12.6. The Bertz CT molecular complexity index is 424. The molecular formula is C11H18BrN5O. The number of nitrogens with one attached hydrogen (secondary N) is 2. The molecule has 1 aromatic heterocycles. The first-order valence-corrected chi connectivity index (χ1v) is 6.43. The van der Waals surface area contributed by atoms with E-state index in [0.29, 0.717) is 11.6 Å². The van der Waals surface area contributed by atoms with Gasteiger partial charge in [-0.15, -0.1) is 0 Å². The van der Waals surface area contributed by atoms with Gasteiger partial charge in [0.2, 0.25) is 5.91 Å². The van der Waals surface area contributed by atoms with Crippen molar-refractivity contribution >= 4 is 33.5 Å². The quantitative estimate of drug-likeness (QED) is 0.855. The van der Waals surface area contributed by atoms with E-state index in [9.17, 15) is 4.79 Å². The second-order valence-corrected chi connectivity index (χ2v) is 4.98. The van der Waals surface area contributed by atoms with Crippen molar-refractivity contribution in [2.24, 2.45) is 0 Å². The van der Waals surface area contributed by atoms with Gasteiger partial charge in [0.15, 0.2) is 0 Å². The van der Waals surface area contributed by atoms with Gasteiger partial charge in [0.05, 0.1) is 6.54 Å². The van der Waals surface area contributed by atoms with E-state index in [-0.39, 0.29) is 18.5 Å². The van der Waals surface area contributed by atoms with E-state index in [0.717, 1.165) is 4.47 Å². The number of carbonyl (C=O) groups is 1. The first kappa shape index (κ1) is 14.7. The Morgan fingerprint density at radius 3 is 2.72 bits per heavy atom. The molecule has 18 heavy (non-hydrogen) atoms. The summed E-state index contributed by atoms with van der Waals surface area (Å²) >= 11 is 3.42. The summed E-state index contributed by atoms with van der Waals surface area (Å²) in [5.41, 5.74) is 0. The summed E-state index contributed by atoms with van der Waals surface area (Å²) in [6.07, 6.45) is 1.46. The molecule has 1 amide bonds. The molecule has 0 spiro atoms. The summed E-state index contributed by atoms with van der Waals surface area (Å²) in [6, 6.07) is 0.132. The van der Waals surface area contributed by atoms with E-state index in [2.05, 4.69) is 36.5 Å². The van der Waals surface area contributed by atoms with Crippen molar-refractivity contribution in [1.82, 2.24) is 15.3 Å². The van der Waals surface area contributed by atoms with Crippen LogP contribution in [0.5, 0.6) is 0 Å². The predicted molar refractivity (Wildman–Crippen MR) is 75.8 cm³/mol. The van der Waals surface area contributed by atoms with Crippen LogP contribution in [0.25, 0.3) is 0 Å². The maximum atomic E-state index is 11.7. The molecule has 1 heterocycles. The first-order valence-electron chi connectivity index (χ1n) is 5.64. The lowest BCUT2D eigenvalue weighted by Gasteiger charge is -2.20. The molecule has 0 saturated heterocycles. The number of carbonyl (C=O) groups excluding carboxylic acids is 1. The van der Waals surface area contributed by atoms with E-state index in [4.69, 9.17) is 0 Å². The number of aromatic nitrogens is 2. The van der Waals surface area contributed by atoms with Crippen LogP contribution in [0.2, 0.25) is 0 Å². The number of anilines is 2. The maximum absolute atomic E-state index is 11.7. The van der Waals surface area contributed by atoms with Gasteiger partial charge < -0.3 is 15.5 Å². The SMILES string of the molecule is CNc1ncnc(N(C)CC(=O)NC(C)C)c1Br. The highest BCUT2D eigenvalue weighted by Crippen LogP contribution is 2.28. The van der Waals surface area contributed by atoms with Crippen molar-refractivity contribution < 1.29 is 4.79 Å². The molecule has 0 saturated carbocycles. The van der Waals surface area contributed by atoms with Crippen molar-refractivity contribution in [3.05, 3.63) is 10.8 Å². The van der Waals surface area contributed by atoms with Crippen LogP contribution < -0.4 is 15.5 Å². The highest BCUT2D eigenvalue weighted by molar-refractivity contribution is 9.10. The summed E-state index contributed by atoms with van der Waals surface area (Å²) in [5, 5.41) is 5.79. The van der Waals surface area contributed by atoms with Gasteiger partial charge >= 0.3 is 0 Å². The molecule has 0 aliphatic rings. The summed E-state index contributed by atoms with van der Waals surface area (Å²) in [4.78, 5) is 21.7. The molecule has 0 unspecified atom stereocenters. The van der Waals surface area contributed by atoms with E-state index in [1.807, 2.05) is 20.9 Å². The normalized spacial score (nSPS) is 10.3. The number of hydrogen-bond acceptors (Lipinski definition) is 5. The fourth-order valence-electron chi connectivity index (χ4n) is 1.46. The van der Waals surface area contributed by atoms with Crippen molar-refractivity contribution in [1.29, 1.82) is 0 Å². The number of amides is 1. The molecule has 0 radical (unpaired) electrons. The van der Waals surface area contributed by atoms with Crippen LogP contribution in [0.3, 0.4) is 0 Å². The van der Waals surface area contributed by atoms with Gasteiger partial charge in [0.1, 0.15) is 22.4 Å². The summed E-state index contributed by atoms with van der Waals surface area (Å²) < 4.78 is 0.743. The Balaban J connectivity index is 2.78. The predicted octanol–water partition coefficient (Wildman–Crippen LogP) is 1.24. The van der Waals surface area contributed by atoms with Crippen LogP contribution in [0.15, 0.2) is 10.8 Å². The Labute approximate surface area is 115 Å². The van der Waals surface area contributed by atoms with Gasteiger partial charge in [-0.2, -0.15) is 0 Å². The lowest BCUT2D eigenvalue weighted by molar-refractivity contribution is -0.120. The molecule has 0 aromatic carbocycles. The molecule has 100 valence electrons. The van der Waals surface area contributed by atoms with Crippen LogP contribution in [-0.4, -0.2) is 42.6 Å². The highest BCUT2D eigenvalue weighted by atomic mass is 79.9. The Hall–Kier alpha value is -1.37. The van der Waals surface area contributed by atoms with Gasteiger partial charge in [-0.1, -0.05) is 0 Å². The monoisotopic (exact) mass is 315 g/mol. The van der Waals surface area contributed by atoms with E-state index >= 15 is 0 Å². The van der Waals surface area contributed by atoms with Crippen LogP contribution in [-0.2, 0) is 4.79 Å². The molecule has 0 aliphatic carbocycles. The number of nitrogens with zero attached hydrogens (tertiary/aromatic N) is 3. The zero-order valence-electron chi connectivity index (χ0n) is 11.0. The second-order valence-electron chi connectivity index (χ2n) is 4.19. The van der Waals surface area contributed by atoms with E-state index in [1.165, 1.54) is 6.33 Å². The molecule has 1 aromatic rings. The van der Waals surface area contributed by atoms with Crippen molar-refractivity contribution in [2.75, 3.05) is 30.9 Å². The minimum absolute atomic E-state index is 0.0379. The van der Waals surface area contributed by atoms with Gasteiger partial charge in [-0.05, 0) is 29.8 Å². The zero-order chi connectivity index (χ0) is 13.7. The molecular weight excluding hydrogens is 298 g/mol. The molecule has 0 bridgehead atoms. The Kier molecular flexibility index (Phi) is 5.33. The molecule has 7 heteroatoms. The molecule has 0 fully saturated rings. The third kappa shape index (κ3) is 3.83.